The number of nitrogens with zero attached hydrogens (tertiary/aromatic N) is 3. The van der Waals surface area contributed by atoms with Crippen molar-refractivity contribution in [1.29, 1.82) is 0 Å². The first kappa shape index (κ1) is 16.6. The van der Waals surface area contributed by atoms with E-state index >= 15 is 0 Å². The Hall–Kier alpha value is -1.89. The Bertz CT molecular complexity index is 905. The molecule has 0 spiro atoms. The highest BCUT2D eigenvalue weighted by molar-refractivity contribution is 6.62. The summed E-state index contributed by atoms with van der Waals surface area (Å²) in [4.78, 5) is 4.56. The van der Waals surface area contributed by atoms with E-state index < -0.39 is 18.3 Å². The van der Waals surface area contributed by atoms with Crippen LogP contribution >= 0.6 is 11.6 Å². The number of fused-ring (bicyclic) bond motifs is 1. The van der Waals surface area contributed by atoms with E-state index in [0.717, 1.165) is 16.7 Å². The molecule has 0 radical (unpaired) electrons. The van der Waals surface area contributed by atoms with Crippen molar-refractivity contribution in [2.45, 2.75) is 38.9 Å². The van der Waals surface area contributed by atoms with Gasteiger partial charge in [0.2, 0.25) is 0 Å². The van der Waals surface area contributed by atoms with Crippen molar-refractivity contribution in [3.8, 4) is 11.4 Å². The fourth-order valence-electron chi connectivity index (χ4n) is 2.81. The molecule has 7 heteroatoms. The molecule has 128 valence electrons. The molecule has 0 N–H and O–H groups in total. The highest BCUT2D eigenvalue weighted by atomic mass is 35.5. The second kappa shape index (κ2) is 5.56. The van der Waals surface area contributed by atoms with Crippen LogP contribution in [0.3, 0.4) is 0 Å². The van der Waals surface area contributed by atoms with Crippen LogP contribution < -0.4 is 5.46 Å². The molecule has 0 saturated carbocycles. The summed E-state index contributed by atoms with van der Waals surface area (Å²) in [7, 11) is -0.473. The first-order valence-electron chi connectivity index (χ1n) is 8.23. The number of hydrogen-bond donors (Lipinski definition) is 0. The molecule has 4 rings (SSSR count). The third-order valence-electron chi connectivity index (χ3n) is 4.95. The Morgan fingerprint density at radius 1 is 1.04 bits per heavy atom. The van der Waals surface area contributed by atoms with E-state index in [2.05, 4.69) is 10.1 Å². The van der Waals surface area contributed by atoms with E-state index in [-0.39, 0.29) is 0 Å². The quantitative estimate of drug-likeness (QED) is 0.662. The van der Waals surface area contributed by atoms with Crippen molar-refractivity contribution in [2.24, 2.45) is 0 Å². The van der Waals surface area contributed by atoms with E-state index in [4.69, 9.17) is 20.9 Å². The van der Waals surface area contributed by atoms with Gasteiger partial charge in [0.05, 0.1) is 11.2 Å². The highest BCUT2D eigenvalue weighted by Gasteiger charge is 2.51. The minimum Gasteiger partial charge on any atom is -0.399 e. The summed E-state index contributed by atoms with van der Waals surface area (Å²) < 4.78 is 14.0. The standard InChI is InChI=1S/C18H19BClN3O2/c1-17(2)18(3,4)25-19(24-17)13-9-12(10-14(20)11-13)16-21-15-7-5-6-8-23(15)22-16/h5-11H,1-4H3. The molecule has 0 atom stereocenters. The number of hydrogen-bond acceptors (Lipinski definition) is 4. The molecule has 0 unspecified atom stereocenters. The summed E-state index contributed by atoms with van der Waals surface area (Å²) in [6.07, 6.45) is 1.87. The van der Waals surface area contributed by atoms with Gasteiger partial charge >= 0.3 is 7.12 Å². The Kier molecular flexibility index (Phi) is 3.69. The first-order chi connectivity index (χ1) is 11.7. The summed E-state index contributed by atoms with van der Waals surface area (Å²) in [6.45, 7) is 8.12. The van der Waals surface area contributed by atoms with E-state index in [0.29, 0.717) is 10.8 Å². The van der Waals surface area contributed by atoms with Gasteiger partial charge in [-0.1, -0.05) is 23.7 Å². The Morgan fingerprint density at radius 2 is 1.76 bits per heavy atom. The van der Waals surface area contributed by atoms with Crippen LogP contribution in [0, 0.1) is 0 Å². The first-order valence-corrected chi connectivity index (χ1v) is 8.61. The predicted octanol–water partition coefficient (Wildman–Crippen LogP) is 3.35. The van der Waals surface area contributed by atoms with Crippen molar-refractivity contribution >= 4 is 29.8 Å². The Labute approximate surface area is 152 Å². The van der Waals surface area contributed by atoms with Crippen LogP contribution in [-0.2, 0) is 9.31 Å². The number of benzene rings is 1. The number of pyridine rings is 1. The van der Waals surface area contributed by atoms with E-state index in [1.54, 1.807) is 4.52 Å². The summed E-state index contributed by atoms with van der Waals surface area (Å²) in [5, 5.41) is 5.11. The SMILES string of the molecule is CC1(C)OB(c2cc(Cl)cc(-c3nc4ccccn4n3)c2)OC1(C)C. The van der Waals surface area contributed by atoms with Crippen molar-refractivity contribution in [1.82, 2.24) is 14.6 Å². The van der Waals surface area contributed by atoms with Crippen LogP contribution in [0.1, 0.15) is 27.7 Å². The van der Waals surface area contributed by atoms with E-state index in [1.165, 1.54) is 0 Å². The molecule has 3 aromatic rings. The van der Waals surface area contributed by atoms with Crippen molar-refractivity contribution < 1.29 is 9.31 Å². The number of halogens is 1. The lowest BCUT2D eigenvalue weighted by Crippen LogP contribution is -2.41. The van der Waals surface area contributed by atoms with Crippen LogP contribution in [0.5, 0.6) is 0 Å². The molecule has 5 nitrogen and oxygen atoms in total. The van der Waals surface area contributed by atoms with Gasteiger partial charge in [-0.3, -0.25) is 0 Å². The Balaban J connectivity index is 1.74. The average Bonchev–Trinajstić information content (AvgIpc) is 3.05. The van der Waals surface area contributed by atoms with Gasteiger partial charge in [-0.05, 0) is 57.4 Å². The maximum absolute atomic E-state index is 6.35. The number of rotatable bonds is 2. The lowest BCUT2D eigenvalue weighted by Gasteiger charge is -2.32. The van der Waals surface area contributed by atoms with E-state index in [1.807, 2.05) is 70.3 Å². The molecule has 1 fully saturated rings. The van der Waals surface area contributed by atoms with Gasteiger partial charge in [-0.15, -0.1) is 5.10 Å². The molecule has 1 aliphatic rings. The average molecular weight is 356 g/mol. The second-order valence-corrected chi connectivity index (χ2v) is 7.74. The monoisotopic (exact) mass is 355 g/mol. The summed E-state index contributed by atoms with van der Waals surface area (Å²) in [6, 6.07) is 11.5. The largest absolute Gasteiger partial charge is 0.494 e. The fourth-order valence-corrected chi connectivity index (χ4v) is 3.05. The summed E-state index contributed by atoms with van der Waals surface area (Å²) >= 11 is 6.35. The molecular formula is C18H19BClN3O2. The van der Waals surface area contributed by atoms with Crippen LogP contribution in [0.15, 0.2) is 42.6 Å². The van der Waals surface area contributed by atoms with Crippen LogP contribution in [0.4, 0.5) is 0 Å². The number of aromatic nitrogens is 3. The van der Waals surface area contributed by atoms with Crippen molar-refractivity contribution in [3.05, 3.63) is 47.6 Å². The molecule has 1 aromatic carbocycles. The molecule has 0 aliphatic carbocycles. The zero-order valence-electron chi connectivity index (χ0n) is 14.7. The molecule has 3 heterocycles. The molecular weight excluding hydrogens is 336 g/mol. The van der Waals surface area contributed by atoms with Gasteiger partial charge in [-0.2, -0.15) is 0 Å². The molecule has 1 saturated heterocycles. The third-order valence-corrected chi connectivity index (χ3v) is 5.16. The van der Waals surface area contributed by atoms with Gasteiger partial charge in [0.25, 0.3) is 0 Å². The summed E-state index contributed by atoms with van der Waals surface area (Å²) in [5.41, 5.74) is 1.68. The highest BCUT2D eigenvalue weighted by Crippen LogP contribution is 2.36. The van der Waals surface area contributed by atoms with Crippen molar-refractivity contribution in [3.63, 3.8) is 0 Å². The van der Waals surface area contributed by atoms with Crippen molar-refractivity contribution in [2.75, 3.05) is 0 Å². The van der Waals surface area contributed by atoms with Gasteiger partial charge in [0.1, 0.15) is 0 Å². The van der Waals surface area contributed by atoms with Gasteiger partial charge in [-0.25, -0.2) is 9.50 Å². The lowest BCUT2D eigenvalue weighted by atomic mass is 9.78. The van der Waals surface area contributed by atoms with Gasteiger partial charge in [0, 0.05) is 16.8 Å². The lowest BCUT2D eigenvalue weighted by molar-refractivity contribution is 0.00578. The maximum atomic E-state index is 6.35. The normalized spacial score (nSPS) is 18.8. The minimum atomic E-state index is -0.473. The predicted molar refractivity (Wildman–Crippen MR) is 99.1 cm³/mol. The van der Waals surface area contributed by atoms with Crippen LogP contribution in [0.2, 0.25) is 5.02 Å². The van der Waals surface area contributed by atoms with Gasteiger partial charge < -0.3 is 9.31 Å². The molecule has 1 aliphatic heterocycles. The smallest absolute Gasteiger partial charge is 0.399 e. The molecule has 2 aromatic heterocycles. The van der Waals surface area contributed by atoms with Crippen LogP contribution in [0.25, 0.3) is 17.0 Å². The molecule has 0 bridgehead atoms. The Morgan fingerprint density at radius 3 is 2.44 bits per heavy atom. The second-order valence-electron chi connectivity index (χ2n) is 7.30. The zero-order valence-corrected chi connectivity index (χ0v) is 15.4. The summed E-state index contributed by atoms with van der Waals surface area (Å²) in [5.74, 6) is 0.617. The molecule has 25 heavy (non-hydrogen) atoms. The van der Waals surface area contributed by atoms with E-state index in [9.17, 15) is 0 Å². The maximum Gasteiger partial charge on any atom is 0.494 e. The topological polar surface area (TPSA) is 48.7 Å². The fraction of sp³-hybridized carbons (Fsp3) is 0.333. The zero-order chi connectivity index (χ0) is 17.8. The third kappa shape index (κ3) is 2.84. The molecule has 0 amide bonds. The minimum absolute atomic E-state index is 0.401. The van der Waals surface area contributed by atoms with Gasteiger partial charge in [0.15, 0.2) is 11.5 Å². The van der Waals surface area contributed by atoms with Crippen LogP contribution in [-0.4, -0.2) is 32.9 Å².